The molecule has 0 saturated heterocycles. The van der Waals surface area contributed by atoms with Gasteiger partial charge in [0.25, 0.3) is 5.91 Å². The van der Waals surface area contributed by atoms with E-state index in [9.17, 15) is 13.2 Å². The first-order valence-electron chi connectivity index (χ1n) is 7.29. The van der Waals surface area contributed by atoms with Gasteiger partial charge in [-0.05, 0) is 24.3 Å². The predicted molar refractivity (Wildman–Crippen MR) is 99.4 cm³/mol. The summed E-state index contributed by atoms with van der Waals surface area (Å²) in [6.45, 7) is 3.62. The van der Waals surface area contributed by atoms with E-state index in [0.717, 1.165) is 0 Å². The molecular formula is C16H13N3O4S3. The second-order valence-corrected chi connectivity index (χ2v) is 8.99. The summed E-state index contributed by atoms with van der Waals surface area (Å²) >= 11 is 2.65. The first kappa shape index (κ1) is 18.4. The molecule has 0 saturated carbocycles. The molecule has 0 bridgehead atoms. The van der Waals surface area contributed by atoms with E-state index in [1.165, 1.54) is 47.4 Å². The Labute approximate surface area is 158 Å². The number of aromatic nitrogens is 2. The maximum atomic E-state index is 12.5. The zero-order valence-electron chi connectivity index (χ0n) is 13.3. The molecule has 2 aromatic heterocycles. The standard InChI is InChI=1S/C16H13N3O4S3/c1-2-10-24-16-19-18-15(25-16)17-14(20)12-8-9-13(23-12)26(21,22)11-6-4-3-5-7-11/h2-9H,1,10H2,(H,17,18,20). The number of furan rings is 1. The van der Waals surface area contributed by atoms with Gasteiger partial charge < -0.3 is 4.42 Å². The fourth-order valence-corrected chi connectivity index (χ4v) is 4.61. The Morgan fingerprint density at radius 1 is 1.23 bits per heavy atom. The summed E-state index contributed by atoms with van der Waals surface area (Å²) in [5.74, 6) is -0.0486. The van der Waals surface area contributed by atoms with Crippen molar-refractivity contribution in [2.24, 2.45) is 0 Å². The number of anilines is 1. The van der Waals surface area contributed by atoms with Crippen LogP contribution in [0.3, 0.4) is 0 Å². The van der Waals surface area contributed by atoms with E-state index in [1.807, 2.05) is 0 Å². The van der Waals surface area contributed by atoms with Crippen LogP contribution in [0, 0.1) is 0 Å². The fraction of sp³-hybridized carbons (Fsp3) is 0.0625. The SMILES string of the molecule is C=CCSc1nnc(NC(=O)c2ccc(S(=O)(=O)c3ccccc3)o2)s1. The zero-order valence-corrected chi connectivity index (χ0v) is 15.7. The highest BCUT2D eigenvalue weighted by molar-refractivity contribution is 8.01. The largest absolute Gasteiger partial charge is 0.439 e. The molecule has 3 rings (SSSR count). The molecule has 2 heterocycles. The van der Waals surface area contributed by atoms with Gasteiger partial charge in [0.15, 0.2) is 10.1 Å². The van der Waals surface area contributed by atoms with Gasteiger partial charge in [0.05, 0.1) is 4.90 Å². The van der Waals surface area contributed by atoms with Gasteiger partial charge in [-0.2, -0.15) is 0 Å². The molecule has 0 aliphatic carbocycles. The molecule has 7 nitrogen and oxygen atoms in total. The van der Waals surface area contributed by atoms with Crippen LogP contribution in [0.25, 0.3) is 0 Å². The lowest BCUT2D eigenvalue weighted by Gasteiger charge is -2.00. The summed E-state index contributed by atoms with van der Waals surface area (Å²) in [4.78, 5) is 12.3. The Morgan fingerprint density at radius 3 is 2.73 bits per heavy atom. The van der Waals surface area contributed by atoms with Gasteiger partial charge in [-0.1, -0.05) is 47.4 Å². The minimum Gasteiger partial charge on any atom is -0.439 e. The highest BCUT2D eigenvalue weighted by atomic mass is 32.2. The normalized spacial score (nSPS) is 11.2. The van der Waals surface area contributed by atoms with Gasteiger partial charge in [0.1, 0.15) is 0 Å². The molecular weight excluding hydrogens is 394 g/mol. The molecule has 10 heteroatoms. The minimum absolute atomic E-state index is 0.0920. The fourth-order valence-electron chi connectivity index (χ4n) is 1.91. The van der Waals surface area contributed by atoms with Crippen molar-refractivity contribution in [3.63, 3.8) is 0 Å². The van der Waals surface area contributed by atoms with Crippen LogP contribution in [0.15, 0.2) is 73.9 Å². The van der Waals surface area contributed by atoms with Crippen molar-refractivity contribution >= 4 is 44.0 Å². The molecule has 0 fully saturated rings. The summed E-state index contributed by atoms with van der Waals surface area (Å²) in [7, 11) is -3.82. The third-order valence-corrected chi connectivity index (χ3v) is 6.68. The van der Waals surface area contributed by atoms with Crippen LogP contribution < -0.4 is 5.32 Å². The Morgan fingerprint density at radius 2 is 2.00 bits per heavy atom. The van der Waals surface area contributed by atoms with Gasteiger partial charge in [-0.25, -0.2) is 8.42 Å². The van der Waals surface area contributed by atoms with Crippen molar-refractivity contribution in [1.82, 2.24) is 10.2 Å². The molecule has 0 spiro atoms. The van der Waals surface area contributed by atoms with Crippen molar-refractivity contribution in [2.45, 2.75) is 14.3 Å². The highest BCUT2D eigenvalue weighted by Crippen LogP contribution is 2.27. The molecule has 134 valence electrons. The van der Waals surface area contributed by atoms with Gasteiger partial charge in [-0.15, -0.1) is 16.8 Å². The number of hydrogen-bond acceptors (Lipinski definition) is 8. The van der Waals surface area contributed by atoms with Gasteiger partial charge in [0.2, 0.25) is 20.1 Å². The first-order valence-corrected chi connectivity index (χ1v) is 10.6. The predicted octanol–water partition coefficient (Wildman–Crippen LogP) is 3.49. The van der Waals surface area contributed by atoms with E-state index in [2.05, 4.69) is 22.1 Å². The molecule has 0 aliphatic heterocycles. The Kier molecular flexibility index (Phi) is 5.55. The monoisotopic (exact) mass is 407 g/mol. The lowest BCUT2D eigenvalue weighted by Crippen LogP contribution is -2.10. The highest BCUT2D eigenvalue weighted by Gasteiger charge is 2.23. The van der Waals surface area contributed by atoms with E-state index in [-0.39, 0.29) is 15.7 Å². The number of nitrogens with one attached hydrogen (secondary N) is 1. The number of amides is 1. The van der Waals surface area contributed by atoms with Crippen molar-refractivity contribution in [3.05, 3.63) is 60.9 Å². The van der Waals surface area contributed by atoms with E-state index < -0.39 is 15.7 Å². The average molecular weight is 407 g/mol. The topological polar surface area (TPSA) is 102 Å². The average Bonchev–Trinajstić information content (AvgIpc) is 3.30. The molecule has 26 heavy (non-hydrogen) atoms. The van der Waals surface area contributed by atoms with Crippen molar-refractivity contribution in [1.29, 1.82) is 0 Å². The molecule has 1 amide bonds. The van der Waals surface area contributed by atoms with Gasteiger partial charge >= 0.3 is 0 Å². The molecule has 1 aromatic carbocycles. The molecule has 0 aliphatic rings. The summed E-state index contributed by atoms with van der Waals surface area (Å²) in [5.41, 5.74) is 0. The van der Waals surface area contributed by atoms with Gasteiger partial charge in [-0.3, -0.25) is 10.1 Å². The summed E-state index contributed by atoms with van der Waals surface area (Å²) in [6, 6.07) is 10.4. The van der Waals surface area contributed by atoms with Crippen LogP contribution in [0.2, 0.25) is 0 Å². The number of thioether (sulfide) groups is 1. The van der Waals surface area contributed by atoms with Crippen molar-refractivity contribution in [3.8, 4) is 0 Å². The van der Waals surface area contributed by atoms with Crippen LogP contribution in [-0.2, 0) is 9.84 Å². The number of sulfone groups is 1. The number of carbonyl (C=O) groups is 1. The second-order valence-electron chi connectivity index (χ2n) is 4.86. The van der Waals surface area contributed by atoms with Crippen LogP contribution in [0.1, 0.15) is 10.6 Å². The first-order chi connectivity index (χ1) is 12.5. The lowest BCUT2D eigenvalue weighted by molar-refractivity contribution is 0.0991. The van der Waals surface area contributed by atoms with E-state index in [4.69, 9.17) is 4.42 Å². The Balaban J connectivity index is 1.74. The smallest absolute Gasteiger partial charge is 0.293 e. The second kappa shape index (κ2) is 7.85. The molecule has 0 radical (unpaired) electrons. The quantitative estimate of drug-likeness (QED) is 0.363. The van der Waals surface area contributed by atoms with Crippen LogP contribution in [-0.4, -0.2) is 30.3 Å². The molecule has 1 N–H and O–H groups in total. The third-order valence-electron chi connectivity index (χ3n) is 3.08. The number of carbonyl (C=O) groups excluding carboxylic acids is 1. The summed E-state index contributed by atoms with van der Waals surface area (Å²) < 4.78 is 30.9. The van der Waals surface area contributed by atoms with Crippen molar-refractivity contribution < 1.29 is 17.6 Å². The molecule has 0 unspecified atom stereocenters. The van der Waals surface area contributed by atoms with Crippen molar-refractivity contribution in [2.75, 3.05) is 11.1 Å². The Hall–Kier alpha value is -2.43. The summed E-state index contributed by atoms with van der Waals surface area (Å²) in [6.07, 6.45) is 1.74. The van der Waals surface area contributed by atoms with E-state index in [0.29, 0.717) is 15.2 Å². The number of benzene rings is 1. The molecule has 3 aromatic rings. The number of rotatable bonds is 7. The van der Waals surface area contributed by atoms with Crippen LogP contribution in [0.4, 0.5) is 5.13 Å². The third kappa shape index (κ3) is 4.03. The van der Waals surface area contributed by atoms with E-state index in [1.54, 1.807) is 24.3 Å². The Bertz CT molecular complexity index is 1030. The number of nitrogens with zero attached hydrogens (tertiary/aromatic N) is 2. The lowest BCUT2D eigenvalue weighted by atomic mass is 10.4. The summed E-state index contributed by atoms with van der Waals surface area (Å²) in [5, 5.41) is 10.3. The zero-order chi connectivity index (χ0) is 18.6. The van der Waals surface area contributed by atoms with E-state index >= 15 is 0 Å². The maximum absolute atomic E-state index is 12.5. The maximum Gasteiger partial charge on any atom is 0.293 e. The molecule has 0 atom stereocenters. The van der Waals surface area contributed by atoms with Crippen LogP contribution in [0.5, 0.6) is 0 Å². The number of hydrogen-bond donors (Lipinski definition) is 1. The van der Waals surface area contributed by atoms with Crippen LogP contribution >= 0.6 is 23.1 Å². The minimum atomic E-state index is -3.82. The van der Waals surface area contributed by atoms with Gasteiger partial charge in [0, 0.05) is 5.75 Å².